The summed E-state index contributed by atoms with van der Waals surface area (Å²) < 4.78 is 2.56. The lowest BCUT2D eigenvalue weighted by atomic mass is 10.1. The van der Waals surface area contributed by atoms with Gasteiger partial charge in [0.05, 0.1) is 24.2 Å². The van der Waals surface area contributed by atoms with Crippen LogP contribution < -0.4 is 11.2 Å². The van der Waals surface area contributed by atoms with Crippen LogP contribution in [0.25, 0.3) is 22.6 Å². The van der Waals surface area contributed by atoms with Crippen LogP contribution in [0, 0.1) is 13.8 Å². The highest BCUT2D eigenvalue weighted by Crippen LogP contribution is 2.25. The van der Waals surface area contributed by atoms with E-state index in [4.69, 9.17) is 14.4 Å². The van der Waals surface area contributed by atoms with Crippen molar-refractivity contribution in [3.63, 3.8) is 0 Å². The maximum Gasteiger partial charge on any atom is 0.492 e. The minimum atomic E-state index is -3.89. The molecule has 2 aliphatic rings. The van der Waals surface area contributed by atoms with Gasteiger partial charge in [0.15, 0.2) is 11.5 Å². The zero-order valence-corrected chi connectivity index (χ0v) is 28.7. The first-order valence-corrected chi connectivity index (χ1v) is 19.4. The van der Waals surface area contributed by atoms with Crippen LogP contribution in [-0.4, -0.2) is 99.1 Å². The van der Waals surface area contributed by atoms with Crippen molar-refractivity contribution in [2.45, 2.75) is 116 Å². The Bertz CT molecular complexity index is 1480. The molecule has 0 bridgehead atoms. The van der Waals surface area contributed by atoms with E-state index in [9.17, 15) is 30.0 Å². The molecule has 3 rings (SSSR count). The molecule has 258 valence electrons. The average Bonchev–Trinajstić information content (AvgIpc) is 3.00. The lowest BCUT2D eigenvalue weighted by Gasteiger charge is -2.25. The Morgan fingerprint density at radius 2 is 1.37 bits per heavy atom. The van der Waals surface area contributed by atoms with Gasteiger partial charge in [-0.3, -0.25) is 9.36 Å². The minimum Gasteiger partial charge on any atom is -0.394 e. The lowest BCUT2D eigenvalue weighted by Crippen LogP contribution is -2.43. The van der Waals surface area contributed by atoms with Gasteiger partial charge in [-0.15, -0.1) is 0 Å². The molecular weight excluding hydrogens is 633 g/mol. The third kappa shape index (κ3) is 11.2. The third-order valence-corrected chi connectivity index (χ3v) is 10.5. The Kier molecular flexibility index (Phi) is 15.3. The second-order valence-electron chi connectivity index (χ2n) is 12.2. The quantitative estimate of drug-likeness (QED) is 0.0482. The fourth-order valence-electron chi connectivity index (χ4n) is 5.39. The van der Waals surface area contributed by atoms with E-state index in [0.29, 0.717) is 23.9 Å². The Balaban J connectivity index is 1.55. The van der Waals surface area contributed by atoms with Crippen molar-refractivity contribution in [2.24, 2.45) is 0 Å². The van der Waals surface area contributed by atoms with Crippen molar-refractivity contribution >= 4 is 31.6 Å². The SMILES string of the molecule is Cc1cc2nc3c(=O)n(CCCCCCCCCCCSCCC[Si](O)(O)O)c(=O)nc-3n(C[C@H](O)[C@H](O)[C@H](O)CO)c2cc1C. The zero-order valence-electron chi connectivity index (χ0n) is 26.8. The van der Waals surface area contributed by atoms with Crippen LogP contribution in [0.15, 0.2) is 21.7 Å². The number of hydrogen-bond donors (Lipinski definition) is 7. The molecule has 0 amide bonds. The molecule has 1 aromatic carbocycles. The van der Waals surface area contributed by atoms with Gasteiger partial charge in [0.25, 0.3) is 5.56 Å². The van der Waals surface area contributed by atoms with E-state index in [2.05, 4.69) is 9.97 Å². The minimum absolute atomic E-state index is 0.0204. The summed E-state index contributed by atoms with van der Waals surface area (Å²) in [5.41, 5.74) is 1.50. The molecule has 2 aliphatic heterocycles. The average molecular weight is 683 g/mol. The Labute approximate surface area is 274 Å². The topological polar surface area (TPSA) is 211 Å². The molecule has 0 saturated heterocycles. The first-order valence-electron chi connectivity index (χ1n) is 16.2. The van der Waals surface area contributed by atoms with Crippen molar-refractivity contribution in [2.75, 3.05) is 18.1 Å². The molecule has 1 aromatic rings. The normalized spacial score (nSPS) is 14.3. The lowest BCUT2D eigenvalue weighted by molar-refractivity contribution is -0.0802. The number of benzene rings is 1. The number of fused-ring (bicyclic) bond motifs is 2. The summed E-state index contributed by atoms with van der Waals surface area (Å²) in [6.45, 7) is 2.97. The summed E-state index contributed by atoms with van der Waals surface area (Å²) in [7, 11) is -3.89. The predicted molar refractivity (Wildman–Crippen MR) is 180 cm³/mol. The van der Waals surface area contributed by atoms with Crippen LogP contribution in [0.2, 0.25) is 6.04 Å². The zero-order chi connectivity index (χ0) is 33.9. The molecule has 46 heavy (non-hydrogen) atoms. The summed E-state index contributed by atoms with van der Waals surface area (Å²) in [6, 6.07) is 3.71. The van der Waals surface area contributed by atoms with E-state index in [1.54, 1.807) is 23.9 Å². The number of thioether (sulfide) groups is 1. The summed E-state index contributed by atoms with van der Waals surface area (Å²) >= 11 is 1.78. The maximum atomic E-state index is 13.5. The van der Waals surface area contributed by atoms with Crippen LogP contribution in [0.3, 0.4) is 0 Å². The van der Waals surface area contributed by atoms with Gasteiger partial charge in [-0.05, 0) is 67.9 Å². The summed E-state index contributed by atoms with van der Waals surface area (Å²) in [4.78, 5) is 62.3. The molecule has 0 saturated carbocycles. The van der Waals surface area contributed by atoms with Crippen molar-refractivity contribution < 1.29 is 34.8 Å². The van der Waals surface area contributed by atoms with Crippen molar-refractivity contribution in [3.8, 4) is 11.5 Å². The molecule has 2 heterocycles. The first kappa shape index (κ1) is 38.2. The van der Waals surface area contributed by atoms with Crippen molar-refractivity contribution in [1.29, 1.82) is 0 Å². The van der Waals surface area contributed by atoms with Gasteiger partial charge in [0.1, 0.15) is 18.3 Å². The van der Waals surface area contributed by atoms with Crippen molar-refractivity contribution in [3.05, 3.63) is 44.1 Å². The summed E-state index contributed by atoms with van der Waals surface area (Å²) in [5, 5.41) is 39.9. The molecule has 15 heteroatoms. The first-order chi connectivity index (χ1) is 21.8. The smallest absolute Gasteiger partial charge is 0.394 e. The number of aliphatic hydroxyl groups is 4. The van der Waals surface area contributed by atoms with Crippen LogP contribution in [0.5, 0.6) is 0 Å². The largest absolute Gasteiger partial charge is 0.492 e. The molecule has 0 fully saturated rings. The number of nitrogens with zero attached hydrogens (tertiary/aromatic N) is 4. The standard InChI is InChI=1S/C31H50N4O9SSi/c1-21-17-23-24(18-22(21)2)35(19-25(37)28(39)26(38)20-36)29-27(32-23)30(40)34(31(41)33-29)13-10-8-6-4-3-5-7-9-11-14-45-15-12-16-46(42,43)44/h17-18,25-26,28,36-39,42-44H,3-16,19-20H2,1-2H3/t25-,26+,28-/m0/s1. The Morgan fingerprint density at radius 3 is 2.00 bits per heavy atom. The molecule has 0 radical (unpaired) electrons. The van der Waals surface area contributed by atoms with Crippen LogP contribution in [0.1, 0.15) is 75.3 Å². The number of aryl methyl sites for hydroxylation is 2. The van der Waals surface area contributed by atoms with E-state index < -0.39 is 45.0 Å². The van der Waals surface area contributed by atoms with Crippen LogP contribution >= 0.6 is 11.8 Å². The number of aromatic nitrogens is 4. The second-order valence-corrected chi connectivity index (χ2v) is 15.4. The molecule has 3 atom stereocenters. The monoisotopic (exact) mass is 682 g/mol. The second kappa shape index (κ2) is 18.4. The number of unbranched alkanes of at least 4 members (excludes halogenated alkanes) is 8. The highest BCUT2D eigenvalue weighted by Gasteiger charge is 2.28. The molecule has 0 spiro atoms. The Morgan fingerprint density at radius 1 is 0.783 bits per heavy atom. The van der Waals surface area contributed by atoms with Gasteiger partial charge in [-0.25, -0.2) is 9.78 Å². The number of hydrogen-bond acceptors (Lipinski definition) is 12. The molecular formula is C31H50N4O9SSi. The van der Waals surface area contributed by atoms with E-state index in [1.165, 1.54) is 4.57 Å². The molecule has 0 aliphatic carbocycles. The van der Waals surface area contributed by atoms with Gasteiger partial charge in [-0.1, -0.05) is 44.9 Å². The summed E-state index contributed by atoms with van der Waals surface area (Å²) in [6.07, 6.45) is 5.14. The van der Waals surface area contributed by atoms with E-state index >= 15 is 0 Å². The number of aliphatic hydroxyl groups excluding tert-OH is 4. The van der Waals surface area contributed by atoms with Gasteiger partial charge >= 0.3 is 14.5 Å². The van der Waals surface area contributed by atoms with E-state index in [-0.39, 0.29) is 30.7 Å². The Hall–Kier alpha value is -2.21. The van der Waals surface area contributed by atoms with Crippen LogP contribution in [-0.2, 0) is 13.1 Å². The fourth-order valence-corrected chi connectivity index (χ4v) is 7.26. The predicted octanol–water partition coefficient (Wildman–Crippen LogP) is 1.30. The highest BCUT2D eigenvalue weighted by atomic mass is 32.2. The van der Waals surface area contributed by atoms with Gasteiger partial charge in [0.2, 0.25) is 0 Å². The highest BCUT2D eigenvalue weighted by molar-refractivity contribution is 7.99. The van der Waals surface area contributed by atoms with Gasteiger partial charge in [-0.2, -0.15) is 16.7 Å². The fraction of sp³-hybridized carbons (Fsp3) is 0.677. The molecule has 0 unspecified atom stereocenters. The van der Waals surface area contributed by atoms with Gasteiger partial charge in [0, 0.05) is 12.6 Å². The van der Waals surface area contributed by atoms with Gasteiger partial charge < -0.3 is 39.4 Å². The van der Waals surface area contributed by atoms with Crippen molar-refractivity contribution in [1.82, 2.24) is 19.1 Å². The number of rotatable bonds is 21. The van der Waals surface area contributed by atoms with E-state index in [1.807, 2.05) is 13.8 Å². The summed E-state index contributed by atoms with van der Waals surface area (Å²) in [5.74, 6) is 1.84. The maximum absolute atomic E-state index is 13.5. The molecule has 13 nitrogen and oxygen atoms in total. The third-order valence-electron chi connectivity index (χ3n) is 8.28. The molecule has 7 N–H and O–H groups in total. The van der Waals surface area contributed by atoms with E-state index in [0.717, 1.165) is 78.6 Å². The van der Waals surface area contributed by atoms with Crippen LogP contribution in [0.4, 0.5) is 0 Å². The molecule has 0 aromatic heterocycles.